The topological polar surface area (TPSA) is 67.2 Å². The minimum absolute atomic E-state index is 0.00489. The molecule has 1 N–H and O–H groups in total. The van der Waals surface area contributed by atoms with Gasteiger partial charge in [-0.1, -0.05) is 50.0 Å². The molecule has 0 aliphatic heterocycles. The van der Waals surface area contributed by atoms with Gasteiger partial charge in [-0.25, -0.2) is 4.68 Å². The van der Waals surface area contributed by atoms with Crippen molar-refractivity contribution in [1.82, 2.24) is 14.7 Å². The highest BCUT2D eigenvalue weighted by molar-refractivity contribution is 9.10. The normalized spacial score (nSPS) is 12.0. The summed E-state index contributed by atoms with van der Waals surface area (Å²) in [6, 6.07) is 9.14. The molecule has 1 heterocycles. The number of carbonyl (C=O) groups is 2. The maximum atomic E-state index is 13.0. The van der Waals surface area contributed by atoms with E-state index in [1.165, 1.54) is 0 Å². The average Bonchev–Trinajstić information content (AvgIpc) is 3.09. The summed E-state index contributed by atoms with van der Waals surface area (Å²) in [5, 5.41) is 7.73. The third-order valence-electron chi connectivity index (χ3n) is 4.88. The molecule has 7 heteroatoms. The number of amides is 2. The number of anilines is 1. The molecule has 0 aliphatic carbocycles. The first-order valence-electron chi connectivity index (χ1n) is 10.8. The monoisotopic (exact) mass is 490 g/mol. The maximum absolute atomic E-state index is 13.0. The maximum Gasteiger partial charge on any atom is 0.254 e. The Hall–Kier alpha value is -2.15. The first kappa shape index (κ1) is 25.1. The lowest BCUT2D eigenvalue weighted by atomic mass is 9.92. The molecule has 2 aromatic rings. The lowest BCUT2D eigenvalue weighted by Gasteiger charge is -2.24. The fourth-order valence-corrected chi connectivity index (χ4v) is 3.34. The number of unbranched alkanes of at least 4 members (excludes halogenated alkanes) is 1. The standard InChI is InChI=1S/C24H35BrN4O2/c1-8-9-14-28(22(31)17-10-12-18(25)13-11-17)16-21(30)26-20-15-19(23(2,3)4)27-29(20)24(5,6)7/h10-13,15H,8-9,14,16H2,1-7H3,(H,26,30). The second-order valence-electron chi connectivity index (χ2n) is 9.88. The van der Waals surface area contributed by atoms with Crippen molar-refractivity contribution in [2.75, 3.05) is 18.4 Å². The quantitative estimate of drug-likeness (QED) is 0.550. The summed E-state index contributed by atoms with van der Waals surface area (Å²) in [5.74, 6) is 0.275. The first-order chi connectivity index (χ1) is 14.3. The summed E-state index contributed by atoms with van der Waals surface area (Å²) in [7, 11) is 0. The number of halogens is 1. The molecule has 0 aliphatic rings. The van der Waals surface area contributed by atoms with Crippen molar-refractivity contribution in [2.24, 2.45) is 0 Å². The lowest BCUT2D eigenvalue weighted by Crippen LogP contribution is -2.39. The van der Waals surface area contributed by atoms with Gasteiger partial charge in [0.05, 0.1) is 11.2 Å². The molecule has 0 saturated carbocycles. The summed E-state index contributed by atoms with van der Waals surface area (Å²) in [6.07, 6.45) is 1.78. The van der Waals surface area contributed by atoms with Crippen molar-refractivity contribution >= 4 is 33.6 Å². The molecule has 0 fully saturated rings. The van der Waals surface area contributed by atoms with Gasteiger partial charge in [0.1, 0.15) is 12.4 Å². The second kappa shape index (κ2) is 9.98. The Balaban J connectivity index is 2.23. The molecule has 2 amide bonds. The minimum Gasteiger partial charge on any atom is -0.329 e. The first-order valence-corrected chi connectivity index (χ1v) is 11.6. The van der Waals surface area contributed by atoms with E-state index in [4.69, 9.17) is 5.10 Å². The third-order valence-corrected chi connectivity index (χ3v) is 5.40. The zero-order valence-electron chi connectivity index (χ0n) is 19.8. The zero-order valence-corrected chi connectivity index (χ0v) is 21.3. The van der Waals surface area contributed by atoms with Crippen molar-refractivity contribution in [3.05, 3.63) is 46.1 Å². The number of hydrogen-bond donors (Lipinski definition) is 1. The number of carbonyl (C=O) groups excluding carboxylic acids is 2. The lowest BCUT2D eigenvalue weighted by molar-refractivity contribution is -0.117. The zero-order chi connectivity index (χ0) is 23.4. The molecule has 31 heavy (non-hydrogen) atoms. The minimum atomic E-state index is -0.290. The molecule has 0 saturated heterocycles. The van der Waals surface area contributed by atoms with Gasteiger partial charge in [-0.15, -0.1) is 0 Å². The fourth-order valence-electron chi connectivity index (χ4n) is 3.08. The molecule has 0 radical (unpaired) electrons. The van der Waals surface area contributed by atoms with Gasteiger partial charge in [0.15, 0.2) is 0 Å². The van der Waals surface area contributed by atoms with Gasteiger partial charge in [-0.3, -0.25) is 9.59 Å². The van der Waals surface area contributed by atoms with Gasteiger partial charge in [-0.05, 0) is 51.5 Å². The van der Waals surface area contributed by atoms with Crippen LogP contribution in [0.15, 0.2) is 34.8 Å². The molecule has 0 spiro atoms. The van der Waals surface area contributed by atoms with Crippen LogP contribution in [-0.2, 0) is 15.7 Å². The highest BCUT2D eigenvalue weighted by Gasteiger charge is 2.26. The van der Waals surface area contributed by atoms with Crippen LogP contribution in [0, 0.1) is 0 Å². The number of hydrogen-bond acceptors (Lipinski definition) is 3. The molecule has 2 rings (SSSR count). The van der Waals surface area contributed by atoms with Gasteiger partial charge in [0, 0.05) is 28.1 Å². The summed E-state index contributed by atoms with van der Waals surface area (Å²) >= 11 is 3.39. The van der Waals surface area contributed by atoms with Crippen molar-refractivity contribution in [3.8, 4) is 0 Å². The van der Waals surface area contributed by atoms with E-state index in [1.807, 2.05) is 43.7 Å². The summed E-state index contributed by atoms with van der Waals surface area (Å²) < 4.78 is 2.75. The van der Waals surface area contributed by atoms with E-state index in [9.17, 15) is 9.59 Å². The number of nitrogens with zero attached hydrogens (tertiary/aromatic N) is 3. The van der Waals surface area contributed by atoms with E-state index in [2.05, 4.69) is 48.9 Å². The van der Waals surface area contributed by atoms with Crippen LogP contribution in [0.4, 0.5) is 5.82 Å². The number of aromatic nitrogens is 2. The van der Waals surface area contributed by atoms with Crippen molar-refractivity contribution in [2.45, 2.75) is 72.3 Å². The molecular formula is C24H35BrN4O2. The summed E-state index contributed by atoms with van der Waals surface area (Å²) in [5.41, 5.74) is 1.05. The van der Waals surface area contributed by atoms with Crippen LogP contribution in [0.3, 0.4) is 0 Å². The van der Waals surface area contributed by atoms with Crippen molar-refractivity contribution in [1.29, 1.82) is 0 Å². The van der Waals surface area contributed by atoms with Crippen LogP contribution < -0.4 is 5.32 Å². The third kappa shape index (κ3) is 6.92. The fraction of sp³-hybridized carbons (Fsp3) is 0.542. The van der Waals surface area contributed by atoms with Crippen LogP contribution in [0.5, 0.6) is 0 Å². The SMILES string of the molecule is CCCCN(CC(=O)Nc1cc(C(C)(C)C)nn1C(C)(C)C)C(=O)c1ccc(Br)cc1. The Morgan fingerprint density at radius 1 is 1.10 bits per heavy atom. The van der Waals surface area contributed by atoms with Gasteiger partial charge in [0.25, 0.3) is 5.91 Å². The Labute approximate surface area is 194 Å². The Kier molecular flexibility index (Phi) is 8.09. The van der Waals surface area contributed by atoms with E-state index in [0.29, 0.717) is 17.9 Å². The van der Waals surface area contributed by atoms with Gasteiger partial charge < -0.3 is 10.2 Å². The van der Waals surface area contributed by atoms with E-state index < -0.39 is 0 Å². The van der Waals surface area contributed by atoms with Crippen LogP contribution in [0.25, 0.3) is 0 Å². The molecule has 0 unspecified atom stereocenters. The van der Waals surface area contributed by atoms with Crippen LogP contribution >= 0.6 is 15.9 Å². The number of nitrogens with one attached hydrogen (secondary N) is 1. The number of benzene rings is 1. The second-order valence-corrected chi connectivity index (χ2v) is 10.8. The van der Waals surface area contributed by atoms with E-state index in [0.717, 1.165) is 23.0 Å². The largest absolute Gasteiger partial charge is 0.329 e. The van der Waals surface area contributed by atoms with Gasteiger partial charge in [-0.2, -0.15) is 5.10 Å². The van der Waals surface area contributed by atoms with Gasteiger partial charge in [0.2, 0.25) is 5.91 Å². The predicted octanol–water partition coefficient (Wildman–Crippen LogP) is 5.58. The van der Waals surface area contributed by atoms with Crippen molar-refractivity contribution < 1.29 is 9.59 Å². The molecule has 0 bridgehead atoms. The number of rotatable bonds is 7. The summed E-state index contributed by atoms with van der Waals surface area (Å²) in [4.78, 5) is 27.6. The molecule has 1 aromatic carbocycles. The Morgan fingerprint density at radius 2 is 1.71 bits per heavy atom. The van der Waals surface area contributed by atoms with Crippen LogP contribution in [-0.4, -0.2) is 39.6 Å². The highest BCUT2D eigenvalue weighted by Crippen LogP contribution is 2.28. The van der Waals surface area contributed by atoms with E-state index in [1.54, 1.807) is 17.0 Å². The molecule has 0 atom stereocenters. The highest BCUT2D eigenvalue weighted by atomic mass is 79.9. The molecule has 170 valence electrons. The smallest absolute Gasteiger partial charge is 0.254 e. The molecule has 1 aromatic heterocycles. The van der Waals surface area contributed by atoms with E-state index in [-0.39, 0.29) is 29.3 Å². The van der Waals surface area contributed by atoms with Crippen LogP contribution in [0.1, 0.15) is 77.4 Å². The van der Waals surface area contributed by atoms with Crippen molar-refractivity contribution in [3.63, 3.8) is 0 Å². The summed E-state index contributed by atoms with van der Waals surface area (Å²) in [6.45, 7) is 15.0. The van der Waals surface area contributed by atoms with E-state index >= 15 is 0 Å². The van der Waals surface area contributed by atoms with Crippen LogP contribution in [0.2, 0.25) is 0 Å². The predicted molar refractivity (Wildman–Crippen MR) is 130 cm³/mol. The average molecular weight is 491 g/mol. The molecule has 6 nitrogen and oxygen atoms in total. The van der Waals surface area contributed by atoms with Gasteiger partial charge >= 0.3 is 0 Å². The Bertz CT molecular complexity index is 905. The Morgan fingerprint density at radius 3 is 2.23 bits per heavy atom. The molecular weight excluding hydrogens is 456 g/mol.